The van der Waals surface area contributed by atoms with Gasteiger partial charge in [0.05, 0.1) is 6.26 Å². The maximum atomic E-state index is 5.47. The number of piperazine rings is 1. The van der Waals surface area contributed by atoms with E-state index in [4.69, 9.17) is 4.42 Å². The molecule has 21 heavy (non-hydrogen) atoms. The fourth-order valence-electron chi connectivity index (χ4n) is 3.36. The Morgan fingerprint density at radius 1 is 1.24 bits per heavy atom. The first-order valence-corrected chi connectivity index (χ1v) is 8.50. The highest BCUT2D eigenvalue weighted by molar-refractivity contribution is 4.99. The SMILES string of the molecule is CC(C)C1CN(C(C)CCc2ccco2)C(C(C)C)CN1. The first kappa shape index (κ1) is 16.6. The summed E-state index contributed by atoms with van der Waals surface area (Å²) in [5.41, 5.74) is 0. The molecule has 1 aliphatic rings. The van der Waals surface area contributed by atoms with Crippen LogP contribution in [0, 0.1) is 11.8 Å². The molecular weight excluding hydrogens is 260 g/mol. The zero-order valence-electron chi connectivity index (χ0n) is 14.3. The Morgan fingerprint density at radius 3 is 2.57 bits per heavy atom. The van der Waals surface area contributed by atoms with Crippen molar-refractivity contribution in [1.82, 2.24) is 10.2 Å². The van der Waals surface area contributed by atoms with Crippen molar-refractivity contribution in [3.05, 3.63) is 24.2 Å². The van der Waals surface area contributed by atoms with Crippen molar-refractivity contribution in [2.75, 3.05) is 13.1 Å². The second-order valence-electron chi connectivity index (χ2n) is 7.23. The molecule has 0 radical (unpaired) electrons. The van der Waals surface area contributed by atoms with Crippen LogP contribution in [0.5, 0.6) is 0 Å². The quantitative estimate of drug-likeness (QED) is 0.869. The summed E-state index contributed by atoms with van der Waals surface area (Å²) in [5.74, 6) is 2.49. The van der Waals surface area contributed by atoms with E-state index < -0.39 is 0 Å². The molecule has 120 valence electrons. The normalized spacial score (nSPS) is 25.7. The molecule has 0 spiro atoms. The molecular formula is C18H32N2O. The van der Waals surface area contributed by atoms with Gasteiger partial charge < -0.3 is 9.73 Å². The number of aryl methyl sites for hydroxylation is 1. The van der Waals surface area contributed by atoms with Crippen LogP contribution in [0.2, 0.25) is 0 Å². The smallest absolute Gasteiger partial charge is 0.103 e. The summed E-state index contributed by atoms with van der Waals surface area (Å²) < 4.78 is 5.47. The molecule has 2 rings (SSSR count). The van der Waals surface area contributed by atoms with Gasteiger partial charge in [0, 0.05) is 37.6 Å². The van der Waals surface area contributed by atoms with E-state index in [0.717, 1.165) is 18.7 Å². The highest BCUT2D eigenvalue weighted by atomic mass is 16.3. The summed E-state index contributed by atoms with van der Waals surface area (Å²) in [4.78, 5) is 2.73. The minimum Gasteiger partial charge on any atom is -0.469 e. The molecule has 0 amide bonds. The predicted molar refractivity (Wildman–Crippen MR) is 88.5 cm³/mol. The Hall–Kier alpha value is -0.800. The second kappa shape index (κ2) is 7.46. The standard InChI is InChI=1S/C18H32N2O/c1-13(2)17-12-20(18(11-19-17)14(3)4)15(5)8-9-16-7-6-10-21-16/h6-7,10,13-15,17-19H,8-9,11-12H2,1-5H3. The molecule has 2 heterocycles. The molecule has 1 aromatic rings. The van der Waals surface area contributed by atoms with E-state index in [1.165, 1.54) is 13.0 Å². The van der Waals surface area contributed by atoms with E-state index in [0.29, 0.717) is 30.0 Å². The van der Waals surface area contributed by atoms with Gasteiger partial charge in [-0.2, -0.15) is 0 Å². The number of nitrogens with zero attached hydrogens (tertiary/aromatic N) is 1. The van der Waals surface area contributed by atoms with Crippen molar-refractivity contribution >= 4 is 0 Å². The van der Waals surface area contributed by atoms with Crippen molar-refractivity contribution < 1.29 is 4.42 Å². The van der Waals surface area contributed by atoms with E-state index in [-0.39, 0.29) is 0 Å². The lowest BCUT2D eigenvalue weighted by Gasteiger charge is -2.46. The molecule has 3 atom stereocenters. The molecule has 3 heteroatoms. The zero-order valence-corrected chi connectivity index (χ0v) is 14.3. The maximum absolute atomic E-state index is 5.47. The Labute approximate surface area is 130 Å². The van der Waals surface area contributed by atoms with Crippen LogP contribution in [-0.2, 0) is 6.42 Å². The molecule has 1 N–H and O–H groups in total. The number of rotatable bonds is 6. The van der Waals surface area contributed by atoms with Gasteiger partial charge >= 0.3 is 0 Å². The summed E-state index contributed by atoms with van der Waals surface area (Å²) >= 11 is 0. The number of hydrogen-bond acceptors (Lipinski definition) is 3. The Bertz CT molecular complexity index is 399. The topological polar surface area (TPSA) is 28.4 Å². The summed E-state index contributed by atoms with van der Waals surface area (Å²) in [5, 5.41) is 3.74. The third-order valence-corrected chi connectivity index (χ3v) is 4.95. The van der Waals surface area contributed by atoms with Gasteiger partial charge in [-0.25, -0.2) is 0 Å². The lowest BCUT2D eigenvalue weighted by molar-refractivity contribution is 0.0483. The number of nitrogens with one attached hydrogen (secondary N) is 1. The Morgan fingerprint density at radius 2 is 2.00 bits per heavy atom. The molecule has 0 bridgehead atoms. The Kier molecular flexibility index (Phi) is 5.88. The van der Waals surface area contributed by atoms with E-state index in [2.05, 4.69) is 50.9 Å². The van der Waals surface area contributed by atoms with Crippen LogP contribution < -0.4 is 5.32 Å². The second-order valence-corrected chi connectivity index (χ2v) is 7.23. The van der Waals surface area contributed by atoms with E-state index in [1.54, 1.807) is 6.26 Å². The van der Waals surface area contributed by atoms with Gasteiger partial charge in [0.25, 0.3) is 0 Å². The highest BCUT2D eigenvalue weighted by Gasteiger charge is 2.33. The predicted octanol–water partition coefficient (Wildman–Crippen LogP) is 3.56. The maximum Gasteiger partial charge on any atom is 0.103 e. The summed E-state index contributed by atoms with van der Waals surface area (Å²) in [6.07, 6.45) is 3.98. The fraction of sp³-hybridized carbons (Fsp3) is 0.778. The Balaban J connectivity index is 1.97. The average molecular weight is 292 g/mol. The van der Waals surface area contributed by atoms with Crippen LogP contribution in [0.3, 0.4) is 0 Å². The van der Waals surface area contributed by atoms with Crippen LogP contribution in [-0.4, -0.2) is 36.1 Å². The van der Waals surface area contributed by atoms with E-state index >= 15 is 0 Å². The van der Waals surface area contributed by atoms with Gasteiger partial charge in [0.1, 0.15) is 5.76 Å². The minimum atomic E-state index is 0.603. The molecule has 1 fully saturated rings. The summed E-state index contributed by atoms with van der Waals surface area (Å²) in [6.45, 7) is 14.0. The van der Waals surface area contributed by atoms with Crippen LogP contribution in [0.15, 0.2) is 22.8 Å². The van der Waals surface area contributed by atoms with Crippen molar-refractivity contribution in [1.29, 1.82) is 0 Å². The average Bonchev–Trinajstić information content (AvgIpc) is 2.97. The minimum absolute atomic E-state index is 0.603. The van der Waals surface area contributed by atoms with Crippen LogP contribution in [0.25, 0.3) is 0 Å². The van der Waals surface area contributed by atoms with Crippen LogP contribution in [0.1, 0.15) is 46.8 Å². The van der Waals surface area contributed by atoms with Crippen LogP contribution in [0.4, 0.5) is 0 Å². The van der Waals surface area contributed by atoms with Crippen LogP contribution >= 0.6 is 0 Å². The third kappa shape index (κ3) is 4.33. The van der Waals surface area contributed by atoms with Gasteiger partial charge in [0.15, 0.2) is 0 Å². The van der Waals surface area contributed by atoms with E-state index in [1.807, 2.05) is 6.07 Å². The molecule has 0 aromatic carbocycles. The molecule has 0 aliphatic carbocycles. The van der Waals surface area contributed by atoms with Gasteiger partial charge in [-0.05, 0) is 37.3 Å². The van der Waals surface area contributed by atoms with E-state index in [9.17, 15) is 0 Å². The van der Waals surface area contributed by atoms with Crippen molar-refractivity contribution in [2.24, 2.45) is 11.8 Å². The van der Waals surface area contributed by atoms with Crippen molar-refractivity contribution in [3.8, 4) is 0 Å². The summed E-state index contributed by atoms with van der Waals surface area (Å²) in [6, 6.07) is 5.93. The lowest BCUT2D eigenvalue weighted by Crippen LogP contribution is -2.61. The number of furan rings is 1. The lowest BCUT2D eigenvalue weighted by atomic mass is 9.92. The van der Waals surface area contributed by atoms with Crippen molar-refractivity contribution in [2.45, 2.75) is 65.6 Å². The first-order chi connectivity index (χ1) is 9.99. The van der Waals surface area contributed by atoms with Crippen molar-refractivity contribution in [3.63, 3.8) is 0 Å². The fourth-order valence-corrected chi connectivity index (χ4v) is 3.36. The zero-order chi connectivity index (χ0) is 15.4. The van der Waals surface area contributed by atoms with Gasteiger partial charge in [-0.15, -0.1) is 0 Å². The third-order valence-electron chi connectivity index (χ3n) is 4.95. The number of hydrogen-bond donors (Lipinski definition) is 1. The highest BCUT2D eigenvalue weighted by Crippen LogP contribution is 2.23. The molecule has 1 aromatic heterocycles. The van der Waals surface area contributed by atoms with Gasteiger partial charge in [0.2, 0.25) is 0 Å². The molecule has 3 unspecified atom stereocenters. The largest absolute Gasteiger partial charge is 0.469 e. The molecule has 1 aliphatic heterocycles. The van der Waals surface area contributed by atoms with Gasteiger partial charge in [-0.1, -0.05) is 27.7 Å². The first-order valence-electron chi connectivity index (χ1n) is 8.50. The molecule has 0 saturated carbocycles. The molecule has 1 saturated heterocycles. The summed E-state index contributed by atoms with van der Waals surface area (Å²) in [7, 11) is 0. The monoisotopic (exact) mass is 292 g/mol. The van der Waals surface area contributed by atoms with Gasteiger partial charge in [-0.3, -0.25) is 4.90 Å². The molecule has 3 nitrogen and oxygen atoms in total.